The van der Waals surface area contributed by atoms with E-state index < -0.39 is 6.10 Å². The minimum Gasteiger partial charge on any atom is -0.482 e. The second kappa shape index (κ2) is 5.34. The molecule has 1 aromatic heterocycles. The fourth-order valence-corrected chi connectivity index (χ4v) is 2.92. The van der Waals surface area contributed by atoms with Gasteiger partial charge in [-0.2, -0.15) is 0 Å². The van der Waals surface area contributed by atoms with Gasteiger partial charge in [-0.25, -0.2) is 0 Å². The summed E-state index contributed by atoms with van der Waals surface area (Å²) in [7, 11) is 0. The average Bonchev–Trinajstić information content (AvgIpc) is 3.05. The first-order valence-electron chi connectivity index (χ1n) is 5.99. The van der Waals surface area contributed by atoms with Crippen LogP contribution in [0, 0.1) is 0 Å². The summed E-state index contributed by atoms with van der Waals surface area (Å²) in [5.41, 5.74) is 0. The molecule has 4 nitrogen and oxygen atoms in total. The third-order valence-electron chi connectivity index (χ3n) is 2.84. The highest BCUT2D eigenvalue weighted by atomic mass is 35.5. The van der Waals surface area contributed by atoms with E-state index in [1.165, 1.54) is 11.3 Å². The highest BCUT2D eigenvalue weighted by Gasteiger charge is 2.20. The van der Waals surface area contributed by atoms with Crippen molar-refractivity contribution in [2.45, 2.75) is 13.0 Å². The molecular formula is C14H11ClO4S. The largest absolute Gasteiger partial charge is 0.482 e. The molecule has 0 bridgehead atoms. The number of Topliss-reactive ketones (excluding diaryl/α,β-unsaturated/α-hetero) is 1. The van der Waals surface area contributed by atoms with Crippen LogP contribution < -0.4 is 14.2 Å². The number of carbonyl (C=O) groups excluding carboxylic acids is 1. The summed E-state index contributed by atoms with van der Waals surface area (Å²) in [4.78, 5) is 12.8. The van der Waals surface area contributed by atoms with Crippen molar-refractivity contribution in [3.8, 4) is 17.2 Å². The molecule has 104 valence electrons. The molecular weight excluding hydrogens is 300 g/mol. The lowest BCUT2D eigenvalue weighted by Gasteiger charge is -2.13. The summed E-state index contributed by atoms with van der Waals surface area (Å²) < 4.78 is 16.7. The number of thiophene rings is 1. The molecule has 2 heterocycles. The molecule has 1 aliphatic rings. The van der Waals surface area contributed by atoms with Crippen molar-refractivity contribution >= 4 is 28.7 Å². The Kier molecular flexibility index (Phi) is 3.54. The summed E-state index contributed by atoms with van der Waals surface area (Å²) in [5.74, 6) is 1.78. The quantitative estimate of drug-likeness (QED) is 0.806. The van der Waals surface area contributed by atoms with Crippen LogP contribution >= 0.6 is 22.9 Å². The summed E-state index contributed by atoms with van der Waals surface area (Å²) in [6.07, 6.45) is -0.593. The van der Waals surface area contributed by atoms with Crippen molar-refractivity contribution in [2.75, 3.05) is 6.79 Å². The van der Waals surface area contributed by atoms with E-state index in [-0.39, 0.29) is 12.6 Å². The summed E-state index contributed by atoms with van der Waals surface area (Å²) >= 11 is 7.07. The van der Waals surface area contributed by atoms with Gasteiger partial charge in [0.25, 0.3) is 0 Å². The number of halogens is 1. The van der Waals surface area contributed by atoms with E-state index in [4.69, 9.17) is 25.8 Å². The van der Waals surface area contributed by atoms with Crippen LogP contribution in [0.3, 0.4) is 0 Å². The first kappa shape index (κ1) is 13.3. The van der Waals surface area contributed by atoms with Gasteiger partial charge in [0.2, 0.25) is 12.6 Å². The molecule has 0 aliphatic carbocycles. The number of carbonyl (C=O) groups is 1. The number of rotatable bonds is 4. The fraction of sp³-hybridized carbons (Fsp3) is 0.214. The summed E-state index contributed by atoms with van der Waals surface area (Å²) in [6.45, 7) is 1.92. The van der Waals surface area contributed by atoms with Gasteiger partial charge in [0, 0.05) is 6.07 Å². The second-order valence-corrected chi connectivity index (χ2v) is 5.96. The Hall–Kier alpha value is -1.72. The number of ketones is 1. The molecule has 2 aromatic rings. The smallest absolute Gasteiger partial charge is 0.231 e. The minimum absolute atomic E-state index is 0.0976. The molecule has 1 aromatic carbocycles. The molecule has 1 unspecified atom stereocenters. The number of hydrogen-bond donors (Lipinski definition) is 0. The highest BCUT2D eigenvalue weighted by Crippen LogP contribution is 2.35. The van der Waals surface area contributed by atoms with Gasteiger partial charge in [-0.15, -0.1) is 11.3 Å². The maximum absolute atomic E-state index is 12.2. The van der Waals surface area contributed by atoms with Crippen LogP contribution in [0.5, 0.6) is 17.2 Å². The zero-order valence-corrected chi connectivity index (χ0v) is 12.2. The summed E-state index contributed by atoms with van der Waals surface area (Å²) in [6, 6.07) is 8.63. The van der Waals surface area contributed by atoms with Crippen LogP contribution in [0.15, 0.2) is 30.3 Å². The van der Waals surface area contributed by atoms with Crippen molar-refractivity contribution in [3.05, 3.63) is 39.5 Å². The van der Waals surface area contributed by atoms with Crippen LogP contribution in [-0.2, 0) is 0 Å². The van der Waals surface area contributed by atoms with Gasteiger partial charge < -0.3 is 14.2 Å². The second-order valence-electron chi connectivity index (χ2n) is 4.24. The lowest BCUT2D eigenvalue weighted by atomic mass is 10.2. The highest BCUT2D eigenvalue weighted by molar-refractivity contribution is 7.18. The van der Waals surface area contributed by atoms with Crippen molar-refractivity contribution in [1.82, 2.24) is 0 Å². The number of hydrogen-bond acceptors (Lipinski definition) is 5. The predicted octanol–water partition coefficient (Wildman–Crippen LogP) is 3.78. The molecule has 6 heteroatoms. The van der Waals surface area contributed by atoms with Crippen LogP contribution in [0.4, 0.5) is 0 Å². The fourth-order valence-electron chi connectivity index (χ4n) is 1.85. The van der Waals surface area contributed by atoms with Crippen LogP contribution in [-0.4, -0.2) is 18.7 Å². The van der Waals surface area contributed by atoms with Crippen LogP contribution in [0.1, 0.15) is 16.6 Å². The van der Waals surface area contributed by atoms with Crippen LogP contribution in [0.25, 0.3) is 0 Å². The topological polar surface area (TPSA) is 44.8 Å². The van der Waals surface area contributed by atoms with E-state index in [1.54, 1.807) is 37.3 Å². The SMILES string of the molecule is CC(Oc1ccc2c(c1)OCO2)C(=O)c1ccc(Cl)s1. The monoisotopic (exact) mass is 310 g/mol. The number of benzene rings is 1. The van der Waals surface area contributed by atoms with E-state index in [9.17, 15) is 4.79 Å². The Labute approximate surface area is 124 Å². The molecule has 0 N–H and O–H groups in total. The van der Waals surface area contributed by atoms with Crippen molar-refractivity contribution in [1.29, 1.82) is 0 Å². The average molecular weight is 311 g/mol. The molecule has 3 rings (SSSR count). The van der Waals surface area contributed by atoms with E-state index in [1.807, 2.05) is 0 Å². The van der Waals surface area contributed by atoms with Crippen LogP contribution in [0.2, 0.25) is 4.34 Å². The van der Waals surface area contributed by atoms with Gasteiger partial charge >= 0.3 is 0 Å². The third kappa shape index (κ3) is 2.59. The van der Waals surface area contributed by atoms with Gasteiger partial charge in [0.05, 0.1) is 9.21 Å². The molecule has 0 saturated heterocycles. The van der Waals surface area contributed by atoms with Gasteiger partial charge in [-0.05, 0) is 31.2 Å². The number of ether oxygens (including phenoxy) is 3. The molecule has 0 fully saturated rings. The lowest BCUT2D eigenvalue weighted by Crippen LogP contribution is -2.23. The molecule has 0 radical (unpaired) electrons. The molecule has 1 aliphatic heterocycles. The minimum atomic E-state index is -0.593. The van der Waals surface area contributed by atoms with Gasteiger partial charge in [-0.1, -0.05) is 11.6 Å². The molecule has 0 saturated carbocycles. The zero-order valence-electron chi connectivity index (χ0n) is 10.6. The molecule has 0 spiro atoms. The Bertz CT molecular complexity index is 652. The first-order chi connectivity index (χ1) is 9.63. The third-order valence-corrected chi connectivity index (χ3v) is 4.09. The Morgan fingerprint density at radius 2 is 2.10 bits per heavy atom. The van der Waals surface area contributed by atoms with E-state index in [2.05, 4.69) is 0 Å². The van der Waals surface area contributed by atoms with E-state index >= 15 is 0 Å². The van der Waals surface area contributed by atoms with Crippen molar-refractivity contribution < 1.29 is 19.0 Å². The van der Waals surface area contributed by atoms with Gasteiger partial charge in [-0.3, -0.25) is 4.79 Å². The zero-order chi connectivity index (χ0) is 14.1. The predicted molar refractivity (Wildman–Crippen MR) is 76.3 cm³/mol. The Morgan fingerprint density at radius 1 is 1.30 bits per heavy atom. The molecule has 1 atom stereocenters. The Morgan fingerprint density at radius 3 is 2.85 bits per heavy atom. The van der Waals surface area contributed by atoms with Gasteiger partial charge in [0.1, 0.15) is 5.75 Å². The normalized spacial score (nSPS) is 14.1. The molecule has 20 heavy (non-hydrogen) atoms. The summed E-state index contributed by atoms with van der Waals surface area (Å²) in [5, 5.41) is 0. The van der Waals surface area contributed by atoms with E-state index in [0.29, 0.717) is 26.5 Å². The van der Waals surface area contributed by atoms with Crippen molar-refractivity contribution in [3.63, 3.8) is 0 Å². The maximum atomic E-state index is 12.2. The van der Waals surface area contributed by atoms with Gasteiger partial charge in [0.15, 0.2) is 17.6 Å². The molecule has 0 amide bonds. The maximum Gasteiger partial charge on any atom is 0.231 e. The Balaban J connectivity index is 1.72. The number of fused-ring (bicyclic) bond motifs is 1. The van der Waals surface area contributed by atoms with E-state index in [0.717, 1.165) is 0 Å². The lowest BCUT2D eigenvalue weighted by molar-refractivity contribution is 0.0822. The first-order valence-corrected chi connectivity index (χ1v) is 7.19. The standard InChI is InChI=1S/C14H11ClO4S/c1-8(14(16)12-4-5-13(15)20-12)19-9-2-3-10-11(6-9)18-7-17-10/h2-6,8H,7H2,1H3. The van der Waals surface area contributed by atoms with Crippen molar-refractivity contribution in [2.24, 2.45) is 0 Å².